The van der Waals surface area contributed by atoms with Crippen molar-refractivity contribution in [2.75, 3.05) is 6.61 Å². The van der Waals surface area contributed by atoms with Gasteiger partial charge in [0, 0.05) is 6.20 Å². The van der Waals surface area contributed by atoms with Crippen molar-refractivity contribution in [3.8, 4) is 0 Å². The molecule has 0 saturated heterocycles. The minimum Gasteiger partial charge on any atom is -0.466 e. The smallest absolute Gasteiger partial charge is 0.309 e. The quantitative estimate of drug-likeness (QED) is 0.713. The lowest BCUT2D eigenvalue weighted by atomic mass is 10.1. The van der Waals surface area contributed by atoms with Crippen LogP contribution in [0.3, 0.4) is 0 Å². The van der Waals surface area contributed by atoms with E-state index in [-0.39, 0.29) is 23.6 Å². The Morgan fingerprint density at radius 1 is 1.67 bits per heavy atom. The lowest BCUT2D eigenvalue weighted by Crippen LogP contribution is -2.07. The number of halogens is 1. The predicted octanol–water partition coefficient (Wildman–Crippen LogP) is 1.89. The lowest BCUT2D eigenvalue weighted by molar-refractivity contribution is -0.144. The first-order chi connectivity index (χ1) is 7.22. The van der Waals surface area contributed by atoms with Crippen molar-refractivity contribution in [2.24, 2.45) is 5.92 Å². The van der Waals surface area contributed by atoms with E-state index >= 15 is 0 Å². The largest absolute Gasteiger partial charge is 0.466 e. The van der Waals surface area contributed by atoms with Gasteiger partial charge in [0.15, 0.2) is 0 Å². The number of pyridine rings is 1. The van der Waals surface area contributed by atoms with Gasteiger partial charge in [0.1, 0.15) is 5.82 Å². The van der Waals surface area contributed by atoms with Crippen LogP contribution in [0.25, 0.3) is 0 Å². The number of esters is 1. The summed E-state index contributed by atoms with van der Waals surface area (Å²) in [6, 6.07) is 1.43. The van der Waals surface area contributed by atoms with Crippen LogP contribution in [0.2, 0.25) is 0 Å². The maximum atomic E-state index is 12.9. The molecule has 1 aromatic rings. The summed E-state index contributed by atoms with van der Waals surface area (Å²) in [4.78, 5) is 15.1. The fourth-order valence-corrected chi connectivity index (χ4v) is 1.70. The van der Waals surface area contributed by atoms with Crippen LogP contribution in [-0.4, -0.2) is 17.6 Å². The molecule has 15 heavy (non-hydrogen) atoms. The molecular weight excluding hydrogens is 197 g/mol. The zero-order chi connectivity index (χ0) is 10.8. The van der Waals surface area contributed by atoms with Gasteiger partial charge in [0.2, 0.25) is 0 Å². The van der Waals surface area contributed by atoms with Gasteiger partial charge in [0.05, 0.1) is 18.7 Å². The molecule has 0 bridgehead atoms. The van der Waals surface area contributed by atoms with Crippen molar-refractivity contribution in [3.05, 3.63) is 29.8 Å². The first-order valence-electron chi connectivity index (χ1n) is 4.99. The van der Waals surface area contributed by atoms with Crippen molar-refractivity contribution >= 4 is 5.97 Å². The Labute approximate surface area is 87.3 Å². The van der Waals surface area contributed by atoms with Crippen LogP contribution in [0.4, 0.5) is 4.39 Å². The van der Waals surface area contributed by atoms with Gasteiger partial charge in [-0.1, -0.05) is 0 Å². The Hall–Kier alpha value is -1.45. The summed E-state index contributed by atoms with van der Waals surface area (Å²) in [7, 11) is 0. The molecule has 2 atom stereocenters. The highest BCUT2D eigenvalue weighted by molar-refractivity contribution is 5.77. The second kappa shape index (κ2) is 3.96. The molecule has 0 aromatic carbocycles. The van der Waals surface area contributed by atoms with Gasteiger partial charge in [0.25, 0.3) is 0 Å². The van der Waals surface area contributed by atoms with E-state index in [1.807, 2.05) is 0 Å². The van der Waals surface area contributed by atoms with Crippen LogP contribution in [0.5, 0.6) is 0 Å². The molecule has 3 nitrogen and oxygen atoms in total. The highest BCUT2D eigenvalue weighted by Gasteiger charge is 2.45. The summed E-state index contributed by atoms with van der Waals surface area (Å²) in [5, 5.41) is 0. The summed E-state index contributed by atoms with van der Waals surface area (Å²) >= 11 is 0. The molecule has 4 heteroatoms. The van der Waals surface area contributed by atoms with Crippen molar-refractivity contribution in [1.29, 1.82) is 0 Å². The maximum Gasteiger partial charge on any atom is 0.309 e. The van der Waals surface area contributed by atoms with E-state index in [9.17, 15) is 9.18 Å². The standard InChI is InChI=1S/C11H12FNO2/c1-2-15-11(14)10-4-9(10)7-3-8(12)6-13-5-7/h3,5-6,9-10H,2,4H2,1H3/t9?,10-/m0/s1. The Balaban J connectivity index is 2.01. The fraction of sp³-hybridized carbons (Fsp3) is 0.455. The van der Waals surface area contributed by atoms with Crippen molar-refractivity contribution in [2.45, 2.75) is 19.3 Å². The van der Waals surface area contributed by atoms with E-state index < -0.39 is 0 Å². The van der Waals surface area contributed by atoms with Crippen LogP contribution in [0.15, 0.2) is 18.5 Å². The number of nitrogens with zero attached hydrogens (tertiary/aromatic N) is 1. The SMILES string of the molecule is CCOC(=O)[C@H]1CC1c1cncc(F)c1. The van der Waals surface area contributed by atoms with Gasteiger partial charge in [-0.05, 0) is 30.9 Å². The van der Waals surface area contributed by atoms with Gasteiger partial charge >= 0.3 is 5.97 Å². The minimum absolute atomic E-state index is 0.0900. The molecule has 2 rings (SSSR count). The number of hydrogen-bond acceptors (Lipinski definition) is 3. The molecule has 1 heterocycles. The van der Waals surface area contributed by atoms with Crippen LogP contribution < -0.4 is 0 Å². The normalized spacial score (nSPS) is 23.6. The number of hydrogen-bond donors (Lipinski definition) is 0. The van der Waals surface area contributed by atoms with E-state index in [0.29, 0.717) is 6.61 Å². The van der Waals surface area contributed by atoms with Gasteiger partial charge in [-0.25, -0.2) is 4.39 Å². The van der Waals surface area contributed by atoms with Crippen LogP contribution in [0, 0.1) is 11.7 Å². The van der Waals surface area contributed by atoms with Gasteiger partial charge in [-0.2, -0.15) is 0 Å². The molecule has 0 radical (unpaired) electrons. The maximum absolute atomic E-state index is 12.9. The molecule has 1 aliphatic carbocycles. The number of carbonyl (C=O) groups is 1. The Morgan fingerprint density at radius 3 is 3.13 bits per heavy atom. The molecule has 80 valence electrons. The predicted molar refractivity (Wildman–Crippen MR) is 51.7 cm³/mol. The third-order valence-electron chi connectivity index (χ3n) is 2.53. The molecule has 1 fully saturated rings. The molecule has 1 aliphatic rings. The molecular formula is C11H12FNO2. The summed E-state index contributed by atoms with van der Waals surface area (Å²) in [5.41, 5.74) is 0.785. The molecule has 0 aliphatic heterocycles. The van der Waals surface area contributed by atoms with E-state index in [2.05, 4.69) is 4.98 Å². The number of carbonyl (C=O) groups excluding carboxylic acids is 1. The molecule has 1 unspecified atom stereocenters. The van der Waals surface area contributed by atoms with Gasteiger partial charge < -0.3 is 4.74 Å². The average molecular weight is 209 g/mol. The Kier molecular flexibility index (Phi) is 2.66. The summed E-state index contributed by atoms with van der Waals surface area (Å²) in [5.74, 6) is -0.561. The third kappa shape index (κ3) is 2.14. The molecule has 0 N–H and O–H groups in total. The second-order valence-corrected chi connectivity index (χ2v) is 3.64. The lowest BCUT2D eigenvalue weighted by Gasteiger charge is -2.00. The van der Waals surface area contributed by atoms with E-state index in [4.69, 9.17) is 4.74 Å². The highest BCUT2D eigenvalue weighted by atomic mass is 19.1. The first kappa shape index (κ1) is 10.1. The number of aromatic nitrogens is 1. The average Bonchev–Trinajstić information content (AvgIpc) is 2.97. The Bertz CT molecular complexity index is 381. The summed E-state index contributed by atoms with van der Waals surface area (Å²) in [6.45, 7) is 2.17. The van der Waals surface area contributed by atoms with Gasteiger partial charge in [-0.15, -0.1) is 0 Å². The minimum atomic E-state index is -0.359. The van der Waals surface area contributed by atoms with Crippen molar-refractivity contribution in [1.82, 2.24) is 4.98 Å². The zero-order valence-electron chi connectivity index (χ0n) is 8.44. The summed E-state index contributed by atoms with van der Waals surface area (Å²) in [6.07, 6.45) is 3.50. The van der Waals surface area contributed by atoms with Crippen molar-refractivity contribution in [3.63, 3.8) is 0 Å². The monoisotopic (exact) mass is 209 g/mol. The molecule has 1 saturated carbocycles. The molecule has 0 spiro atoms. The van der Waals surface area contributed by atoms with Crippen LogP contribution >= 0.6 is 0 Å². The number of rotatable bonds is 3. The number of ether oxygens (including phenoxy) is 1. The van der Waals surface area contributed by atoms with E-state index in [0.717, 1.165) is 18.2 Å². The topological polar surface area (TPSA) is 39.2 Å². The second-order valence-electron chi connectivity index (χ2n) is 3.64. The van der Waals surface area contributed by atoms with Crippen LogP contribution in [0.1, 0.15) is 24.8 Å². The fourth-order valence-electron chi connectivity index (χ4n) is 1.70. The molecule has 1 aromatic heterocycles. The van der Waals surface area contributed by atoms with Crippen molar-refractivity contribution < 1.29 is 13.9 Å². The van der Waals surface area contributed by atoms with E-state index in [1.165, 1.54) is 6.07 Å². The van der Waals surface area contributed by atoms with Crippen LogP contribution in [-0.2, 0) is 9.53 Å². The molecule has 0 amide bonds. The Morgan fingerprint density at radius 2 is 2.47 bits per heavy atom. The van der Waals surface area contributed by atoms with E-state index in [1.54, 1.807) is 13.1 Å². The summed E-state index contributed by atoms with van der Waals surface area (Å²) < 4.78 is 17.7. The third-order valence-corrected chi connectivity index (χ3v) is 2.53. The van der Waals surface area contributed by atoms with Gasteiger partial charge in [-0.3, -0.25) is 9.78 Å². The zero-order valence-corrected chi connectivity index (χ0v) is 8.44. The highest BCUT2D eigenvalue weighted by Crippen LogP contribution is 2.47. The first-order valence-corrected chi connectivity index (χ1v) is 4.99.